The van der Waals surface area contributed by atoms with Crippen molar-refractivity contribution in [3.63, 3.8) is 0 Å². The van der Waals surface area contributed by atoms with Crippen LogP contribution in [0.1, 0.15) is 22.0 Å². The molecule has 0 saturated heterocycles. The van der Waals surface area contributed by atoms with Gasteiger partial charge in [-0.25, -0.2) is 0 Å². The molecular formula is C17H15BrO3. The molecule has 0 aliphatic heterocycles. The largest absolute Gasteiger partial charge is 0.493 e. The van der Waals surface area contributed by atoms with Gasteiger partial charge in [-0.05, 0) is 39.7 Å². The topological polar surface area (TPSA) is 35.5 Å². The summed E-state index contributed by atoms with van der Waals surface area (Å²) in [5.74, 6) is 1.03. The van der Waals surface area contributed by atoms with Crippen molar-refractivity contribution in [2.24, 2.45) is 0 Å². The monoisotopic (exact) mass is 346 g/mol. The van der Waals surface area contributed by atoms with Crippen LogP contribution in [-0.2, 0) is 0 Å². The normalized spacial score (nSPS) is 11.5. The van der Waals surface area contributed by atoms with Gasteiger partial charge in [0.25, 0.3) is 0 Å². The number of aldehydes is 1. The Morgan fingerprint density at radius 1 is 1.24 bits per heavy atom. The van der Waals surface area contributed by atoms with Gasteiger partial charge >= 0.3 is 0 Å². The number of halogens is 1. The Morgan fingerprint density at radius 3 is 2.52 bits per heavy atom. The first kappa shape index (κ1) is 15.3. The molecule has 0 bridgehead atoms. The highest BCUT2D eigenvalue weighted by Crippen LogP contribution is 2.39. The summed E-state index contributed by atoms with van der Waals surface area (Å²) in [6.45, 7) is 3.82. The lowest BCUT2D eigenvalue weighted by Crippen LogP contribution is -2.06. The first-order valence-corrected chi connectivity index (χ1v) is 7.15. The van der Waals surface area contributed by atoms with Crippen LogP contribution in [-0.4, -0.2) is 13.4 Å². The minimum Gasteiger partial charge on any atom is -0.493 e. The Kier molecular flexibility index (Phi) is 5.17. The zero-order valence-electron chi connectivity index (χ0n) is 11.6. The quantitative estimate of drug-likeness (QED) is 0.567. The van der Waals surface area contributed by atoms with Crippen LogP contribution >= 0.6 is 15.9 Å². The van der Waals surface area contributed by atoms with E-state index < -0.39 is 0 Å². The minimum absolute atomic E-state index is 0.307. The minimum atomic E-state index is -0.307. The Labute approximate surface area is 132 Å². The molecule has 2 aromatic carbocycles. The number of rotatable bonds is 6. The fourth-order valence-corrected chi connectivity index (χ4v) is 2.50. The van der Waals surface area contributed by atoms with Crippen LogP contribution in [0.25, 0.3) is 0 Å². The van der Waals surface area contributed by atoms with Crippen molar-refractivity contribution in [3.8, 4) is 11.5 Å². The summed E-state index contributed by atoms with van der Waals surface area (Å²) in [6, 6.07) is 13.1. The summed E-state index contributed by atoms with van der Waals surface area (Å²) in [7, 11) is 1.54. The van der Waals surface area contributed by atoms with Crippen molar-refractivity contribution < 1.29 is 14.3 Å². The lowest BCUT2D eigenvalue weighted by atomic mass is 10.1. The Balaban J connectivity index is 2.38. The number of methoxy groups -OCH3 is 1. The summed E-state index contributed by atoms with van der Waals surface area (Å²) in [5.41, 5.74) is 1.50. The number of ether oxygens (including phenoxy) is 2. The number of carbonyl (C=O) groups is 1. The average Bonchev–Trinajstić information content (AvgIpc) is 2.53. The molecule has 4 heteroatoms. The molecule has 0 unspecified atom stereocenters. The van der Waals surface area contributed by atoms with Gasteiger partial charge < -0.3 is 9.47 Å². The van der Waals surface area contributed by atoms with Crippen LogP contribution in [0.3, 0.4) is 0 Å². The molecule has 0 aromatic heterocycles. The predicted molar refractivity (Wildman–Crippen MR) is 86.1 cm³/mol. The molecule has 21 heavy (non-hydrogen) atoms. The van der Waals surface area contributed by atoms with Crippen molar-refractivity contribution >= 4 is 22.2 Å². The molecule has 0 N–H and O–H groups in total. The fourth-order valence-electron chi connectivity index (χ4n) is 1.94. The van der Waals surface area contributed by atoms with Gasteiger partial charge in [0, 0.05) is 5.56 Å². The summed E-state index contributed by atoms with van der Waals surface area (Å²) in [6.07, 6.45) is 2.17. The molecule has 0 saturated carbocycles. The maximum absolute atomic E-state index is 10.9. The molecule has 0 aliphatic rings. The van der Waals surface area contributed by atoms with E-state index in [0.717, 1.165) is 11.8 Å². The van der Waals surface area contributed by atoms with Crippen molar-refractivity contribution in [2.75, 3.05) is 7.11 Å². The van der Waals surface area contributed by atoms with Crippen LogP contribution in [0.2, 0.25) is 0 Å². The van der Waals surface area contributed by atoms with E-state index in [4.69, 9.17) is 9.47 Å². The highest BCUT2D eigenvalue weighted by Gasteiger charge is 2.16. The summed E-state index contributed by atoms with van der Waals surface area (Å²) in [4.78, 5) is 10.9. The van der Waals surface area contributed by atoms with E-state index >= 15 is 0 Å². The van der Waals surface area contributed by atoms with Gasteiger partial charge in [0.2, 0.25) is 0 Å². The number of hydrogen-bond donors (Lipinski definition) is 0. The van der Waals surface area contributed by atoms with Crippen LogP contribution in [0.15, 0.2) is 59.6 Å². The lowest BCUT2D eigenvalue weighted by molar-refractivity contribution is 0.112. The summed E-state index contributed by atoms with van der Waals surface area (Å²) < 4.78 is 12.0. The third-order valence-corrected chi connectivity index (χ3v) is 3.56. The molecule has 0 spiro atoms. The van der Waals surface area contributed by atoms with Crippen LogP contribution in [0, 0.1) is 0 Å². The van der Waals surface area contributed by atoms with Gasteiger partial charge in [-0.15, -0.1) is 0 Å². The number of carbonyl (C=O) groups excluding carboxylic acids is 1. The molecular weight excluding hydrogens is 332 g/mol. The second-order valence-corrected chi connectivity index (χ2v) is 5.19. The second kappa shape index (κ2) is 7.09. The third-order valence-electron chi connectivity index (χ3n) is 2.97. The highest BCUT2D eigenvalue weighted by molar-refractivity contribution is 9.10. The maximum Gasteiger partial charge on any atom is 0.176 e. The van der Waals surface area contributed by atoms with Crippen LogP contribution < -0.4 is 9.47 Å². The fraction of sp³-hybridized carbons (Fsp3) is 0.118. The molecule has 2 aromatic rings. The second-order valence-electron chi connectivity index (χ2n) is 4.34. The number of hydrogen-bond acceptors (Lipinski definition) is 3. The molecule has 0 aliphatic carbocycles. The molecule has 2 rings (SSSR count). The average molecular weight is 347 g/mol. The predicted octanol–water partition coefficient (Wildman–Crippen LogP) is 4.58. The van der Waals surface area contributed by atoms with Gasteiger partial charge in [-0.1, -0.05) is 36.9 Å². The Bertz CT molecular complexity index is 638. The standard InChI is InChI=1S/C17H15BrO3/c1-3-15(13-7-5-4-6-8-13)21-17-14(18)9-12(11-19)10-16(17)20-2/h3-11,15H,1H2,2H3/t15-/m1/s1. The molecule has 3 nitrogen and oxygen atoms in total. The van der Waals surface area contributed by atoms with Crippen molar-refractivity contribution in [1.82, 2.24) is 0 Å². The smallest absolute Gasteiger partial charge is 0.176 e. The molecule has 1 atom stereocenters. The molecule has 0 amide bonds. The van der Waals surface area contributed by atoms with Gasteiger partial charge in [0.05, 0.1) is 11.6 Å². The molecule has 108 valence electrons. The molecule has 0 fully saturated rings. The van der Waals surface area contributed by atoms with E-state index in [1.54, 1.807) is 18.2 Å². The van der Waals surface area contributed by atoms with Gasteiger partial charge in [-0.3, -0.25) is 4.79 Å². The van der Waals surface area contributed by atoms with Gasteiger partial charge in [0.15, 0.2) is 11.5 Å². The molecule has 0 radical (unpaired) electrons. The van der Waals surface area contributed by atoms with Crippen molar-refractivity contribution in [3.05, 3.63) is 70.7 Å². The van der Waals surface area contributed by atoms with Crippen molar-refractivity contribution in [1.29, 1.82) is 0 Å². The first-order chi connectivity index (χ1) is 10.2. The zero-order valence-corrected chi connectivity index (χ0v) is 13.2. The third kappa shape index (κ3) is 3.52. The zero-order chi connectivity index (χ0) is 15.2. The van der Waals surface area contributed by atoms with E-state index in [9.17, 15) is 4.79 Å². The Hall–Kier alpha value is -2.07. The van der Waals surface area contributed by atoms with Crippen molar-refractivity contribution in [2.45, 2.75) is 6.10 Å². The van der Waals surface area contributed by atoms with E-state index in [1.165, 1.54) is 7.11 Å². The van der Waals surface area contributed by atoms with Crippen LogP contribution in [0.4, 0.5) is 0 Å². The molecule has 0 heterocycles. The number of benzene rings is 2. The van der Waals surface area contributed by atoms with E-state index in [0.29, 0.717) is 21.5 Å². The first-order valence-electron chi connectivity index (χ1n) is 6.36. The summed E-state index contributed by atoms with van der Waals surface area (Å²) >= 11 is 3.41. The van der Waals surface area contributed by atoms with E-state index in [1.807, 2.05) is 30.3 Å². The van der Waals surface area contributed by atoms with Crippen LogP contribution in [0.5, 0.6) is 11.5 Å². The Morgan fingerprint density at radius 2 is 1.95 bits per heavy atom. The SMILES string of the molecule is C=C[C@@H](Oc1c(Br)cc(C=O)cc1OC)c1ccccc1. The van der Waals surface area contributed by atoms with E-state index in [2.05, 4.69) is 22.5 Å². The maximum atomic E-state index is 10.9. The summed E-state index contributed by atoms with van der Waals surface area (Å²) in [5, 5.41) is 0. The van der Waals surface area contributed by atoms with Gasteiger partial charge in [-0.2, -0.15) is 0 Å². The van der Waals surface area contributed by atoms with E-state index in [-0.39, 0.29) is 6.10 Å². The highest BCUT2D eigenvalue weighted by atomic mass is 79.9. The lowest BCUT2D eigenvalue weighted by Gasteiger charge is -2.19. The van der Waals surface area contributed by atoms with Gasteiger partial charge in [0.1, 0.15) is 12.4 Å².